The molecule has 7 rings (SSSR count). The Morgan fingerprint density at radius 2 is 1.51 bits per heavy atom. The van der Waals surface area contributed by atoms with E-state index in [2.05, 4.69) is 146 Å². The number of unbranched alkanes of at least 4 members (excludes halogenated alkanes) is 1. The zero-order valence-corrected chi connectivity index (χ0v) is 34.1. The summed E-state index contributed by atoms with van der Waals surface area (Å²) in [5, 5.41) is 7.42. The Labute approximate surface area is 329 Å². The molecule has 6 heteroatoms. The van der Waals surface area contributed by atoms with Gasteiger partial charge in [0, 0.05) is 34.5 Å². The number of hydrogen-bond donors (Lipinski definition) is 0. The molecule has 0 saturated carbocycles. The van der Waals surface area contributed by atoms with Crippen molar-refractivity contribution < 1.29 is 25.2 Å². The zero-order chi connectivity index (χ0) is 36.7. The van der Waals surface area contributed by atoms with Crippen molar-refractivity contribution in [2.24, 2.45) is 0 Å². The molecule has 0 spiro atoms. The van der Waals surface area contributed by atoms with Crippen molar-refractivity contribution in [2.45, 2.75) is 99.8 Å². The Morgan fingerprint density at radius 3 is 2.21 bits per heavy atom. The summed E-state index contributed by atoms with van der Waals surface area (Å²) in [4.78, 5) is 4.84. The average Bonchev–Trinajstić information content (AvgIpc) is 3.62. The maximum absolute atomic E-state index is 6.71. The van der Waals surface area contributed by atoms with E-state index in [4.69, 9.17) is 14.8 Å². The number of aromatic nitrogens is 4. The van der Waals surface area contributed by atoms with Crippen LogP contribution < -0.4 is 4.74 Å². The van der Waals surface area contributed by atoms with Gasteiger partial charge in [-0.3, -0.25) is 4.68 Å². The van der Waals surface area contributed by atoms with Gasteiger partial charge < -0.3 is 9.30 Å². The van der Waals surface area contributed by atoms with E-state index in [1.807, 2.05) is 16.9 Å². The molecule has 0 atom stereocenters. The van der Waals surface area contributed by atoms with Crippen LogP contribution in [0, 0.1) is 32.9 Å². The Hall–Kier alpha value is -4.50. The van der Waals surface area contributed by atoms with Crippen LogP contribution >= 0.6 is 0 Å². The largest absolute Gasteiger partial charge is 2.00 e. The minimum absolute atomic E-state index is 0. The van der Waals surface area contributed by atoms with Gasteiger partial charge in [-0.2, -0.15) is 11.2 Å². The summed E-state index contributed by atoms with van der Waals surface area (Å²) in [5.41, 5.74) is 13.9. The van der Waals surface area contributed by atoms with Crippen LogP contribution in [0.3, 0.4) is 0 Å². The number of rotatable bonds is 10. The second-order valence-electron chi connectivity index (χ2n) is 15.2. The van der Waals surface area contributed by atoms with E-state index in [0.29, 0.717) is 11.5 Å². The van der Waals surface area contributed by atoms with E-state index in [-0.39, 0.29) is 25.8 Å². The Balaban J connectivity index is 0.00000481. The van der Waals surface area contributed by atoms with Crippen molar-refractivity contribution in [2.75, 3.05) is 0 Å². The van der Waals surface area contributed by atoms with Gasteiger partial charge in [-0.05, 0) is 103 Å². The number of pyridine rings is 1. The van der Waals surface area contributed by atoms with Crippen LogP contribution in [0.5, 0.6) is 11.5 Å². The van der Waals surface area contributed by atoms with Gasteiger partial charge in [0.05, 0.1) is 5.69 Å². The molecule has 5 nitrogen and oxygen atoms in total. The minimum atomic E-state index is -0.128. The van der Waals surface area contributed by atoms with Crippen LogP contribution in [-0.2, 0) is 45.1 Å². The van der Waals surface area contributed by atoms with Gasteiger partial charge >= 0.3 is 20.4 Å². The van der Waals surface area contributed by atoms with Crippen LogP contribution in [0.25, 0.3) is 44.4 Å². The number of benzene rings is 4. The molecule has 0 unspecified atom stereocenters. The topological polar surface area (TPSA) is 44.9 Å². The monoisotopic (exact) mass is 792 g/mol. The molecule has 0 aliphatic rings. The SMILES string of the molecule is CCCCc1ccnc(-n2c3[c-]c(Oc4[c-]c(-n5nc(C)c(-c6c(CC)cc(C)cc6CC)c5C)cc(C(C)(C)C)c4)ccc3c3ccccc32)c1.[Pd+2]. The number of fused-ring (bicyclic) bond motifs is 3. The summed E-state index contributed by atoms with van der Waals surface area (Å²) in [7, 11) is 0. The zero-order valence-electron chi connectivity index (χ0n) is 32.6. The summed E-state index contributed by atoms with van der Waals surface area (Å²) in [5.74, 6) is 2.15. The van der Waals surface area contributed by atoms with Gasteiger partial charge in [0.25, 0.3) is 0 Å². The quantitative estimate of drug-likeness (QED) is 0.102. The first-order valence-corrected chi connectivity index (χ1v) is 18.9. The molecule has 0 aliphatic carbocycles. The molecular formula is C47H50N4OPd. The Morgan fingerprint density at radius 1 is 0.774 bits per heavy atom. The summed E-state index contributed by atoms with van der Waals surface area (Å²) in [6.45, 7) is 19.9. The third kappa shape index (κ3) is 7.37. The molecule has 7 aromatic rings. The standard InChI is InChI=1S/C47H50N4O.Pd/c1-10-13-16-33-21-22-48-44(25-33)50-42-18-15-14-17-40(42)41-20-19-38(29-43(41)50)52-39-27-36(47(7,8)9)26-37(28-39)51-32(6)45(31(5)49-51)46-34(11-2)23-30(4)24-35(46)12-3;/h14-15,17-27H,10-13,16H2,1-9H3;/q-2;+2. The van der Waals surface area contributed by atoms with Crippen LogP contribution in [0.4, 0.5) is 0 Å². The number of para-hydroxylation sites is 1. The summed E-state index contributed by atoms with van der Waals surface area (Å²) < 4.78 is 11.0. The molecule has 0 N–H and O–H groups in total. The molecule has 0 amide bonds. The second-order valence-corrected chi connectivity index (χ2v) is 15.2. The maximum Gasteiger partial charge on any atom is 2.00 e. The molecule has 0 radical (unpaired) electrons. The summed E-state index contributed by atoms with van der Waals surface area (Å²) >= 11 is 0. The first-order valence-electron chi connectivity index (χ1n) is 18.9. The summed E-state index contributed by atoms with van der Waals surface area (Å²) in [6, 6.07) is 33.2. The van der Waals surface area contributed by atoms with Crippen molar-refractivity contribution in [1.82, 2.24) is 19.3 Å². The normalized spacial score (nSPS) is 11.7. The minimum Gasteiger partial charge on any atom is -0.509 e. The van der Waals surface area contributed by atoms with Crippen molar-refractivity contribution >= 4 is 21.8 Å². The number of aryl methyl sites for hydroxylation is 5. The fourth-order valence-electron chi connectivity index (χ4n) is 7.60. The fourth-order valence-corrected chi connectivity index (χ4v) is 7.60. The molecule has 0 aliphatic heterocycles. The molecule has 4 aromatic carbocycles. The van der Waals surface area contributed by atoms with Crippen LogP contribution in [0.1, 0.15) is 93.6 Å². The molecule has 0 saturated heterocycles. The summed E-state index contributed by atoms with van der Waals surface area (Å²) in [6.07, 6.45) is 7.20. The molecule has 53 heavy (non-hydrogen) atoms. The van der Waals surface area contributed by atoms with Crippen LogP contribution in [0.2, 0.25) is 0 Å². The first-order chi connectivity index (χ1) is 25.0. The molecular weight excluding hydrogens is 743 g/mol. The van der Waals surface area contributed by atoms with E-state index in [1.165, 1.54) is 33.4 Å². The van der Waals surface area contributed by atoms with Gasteiger partial charge in [0.15, 0.2) is 0 Å². The van der Waals surface area contributed by atoms with Gasteiger partial charge in [-0.15, -0.1) is 41.3 Å². The predicted octanol–water partition coefficient (Wildman–Crippen LogP) is 12.1. The fraction of sp³-hybridized carbons (Fsp3) is 0.319. The Bertz CT molecular complexity index is 2400. The Kier molecular flexibility index (Phi) is 11.2. The first kappa shape index (κ1) is 38.2. The smallest absolute Gasteiger partial charge is 0.509 e. The van der Waals surface area contributed by atoms with Gasteiger partial charge in [0.1, 0.15) is 5.82 Å². The third-order valence-electron chi connectivity index (χ3n) is 10.3. The van der Waals surface area contributed by atoms with E-state index in [0.717, 1.165) is 82.4 Å². The van der Waals surface area contributed by atoms with E-state index >= 15 is 0 Å². The molecule has 3 aromatic heterocycles. The van der Waals surface area contributed by atoms with Crippen molar-refractivity contribution in [3.8, 4) is 34.1 Å². The average molecular weight is 793 g/mol. The van der Waals surface area contributed by atoms with Gasteiger partial charge in [-0.25, -0.2) is 4.98 Å². The molecule has 0 fully saturated rings. The van der Waals surface area contributed by atoms with Gasteiger partial charge in [0.2, 0.25) is 0 Å². The third-order valence-corrected chi connectivity index (χ3v) is 10.3. The van der Waals surface area contributed by atoms with Crippen LogP contribution in [0.15, 0.2) is 79.0 Å². The molecule has 3 heterocycles. The molecule has 0 bridgehead atoms. The van der Waals surface area contributed by atoms with Crippen LogP contribution in [-0.4, -0.2) is 19.3 Å². The van der Waals surface area contributed by atoms with Crippen molar-refractivity contribution in [1.29, 1.82) is 0 Å². The second kappa shape index (κ2) is 15.5. The number of nitrogens with zero attached hydrogens (tertiary/aromatic N) is 4. The predicted molar refractivity (Wildman–Crippen MR) is 216 cm³/mol. The molecule has 274 valence electrons. The van der Waals surface area contributed by atoms with Crippen molar-refractivity contribution in [3.05, 3.63) is 130 Å². The number of ether oxygens (including phenoxy) is 1. The maximum atomic E-state index is 6.71. The van der Waals surface area contributed by atoms with Gasteiger partial charge in [-0.1, -0.05) is 89.4 Å². The van der Waals surface area contributed by atoms with Crippen molar-refractivity contribution in [3.63, 3.8) is 0 Å². The van der Waals surface area contributed by atoms with E-state index in [9.17, 15) is 0 Å². The number of hydrogen-bond acceptors (Lipinski definition) is 3. The van der Waals surface area contributed by atoms with E-state index < -0.39 is 0 Å². The van der Waals surface area contributed by atoms with E-state index in [1.54, 1.807) is 0 Å².